The molecular formula is C14H14N2O3S2. The van der Waals surface area contributed by atoms with Crippen molar-refractivity contribution in [2.45, 2.75) is 11.4 Å². The summed E-state index contributed by atoms with van der Waals surface area (Å²) in [5.41, 5.74) is 0.859. The first-order valence-electron chi connectivity index (χ1n) is 6.07. The van der Waals surface area contributed by atoms with Crippen molar-refractivity contribution in [2.75, 3.05) is 13.7 Å². The largest absolute Gasteiger partial charge is 0.384 e. The van der Waals surface area contributed by atoms with Crippen LogP contribution in [0.5, 0.6) is 0 Å². The lowest BCUT2D eigenvalue weighted by Crippen LogP contribution is -2.26. The minimum absolute atomic E-state index is 0.169. The summed E-state index contributed by atoms with van der Waals surface area (Å²) in [6.45, 7) is 0.0665. The zero-order valence-corrected chi connectivity index (χ0v) is 13.0. The summed E-state index contributed by atoms with van der Waals surface area (Å²) in [5.74, 6) is 5.36. The lowest BCUT2D eigenvalue weighted by molar-refractivity contribution is 0.350. The van der Waals surface area contributed by atoms with Crippen LogP contribution in [0.3, 0.4) is 0 Å². The Morgan fingerprint density at radius 1 is 1.48 bits per heavy atom. The van der Waals surface area contributed by atoms with Crippen LogP contribution < -0.4 is 0 Å². The average molecular weight is 322 g/mol. The molecule has 5 nitrogen and oxygen atoms in total. The van der Waals surface area contributed by atoms with Crippen molar-refractivity contribution in [1.82, 2.24) is 9.29 Å². The number of aliphatic hydroxyl groups excluding tert-OH is 1. The lowest BCUT2D eigenvalue weighted by atomic mass is 10.3. The zero-order chi connectivity index (χ0) is 15.3. The molecule has 0 aliphatic rings. The van der Waals surface area contributed by atoms with Gasteiger partial charge in [0.25, 0.3) is 0 Å². The van der Waals surface area contributed by atoms with Crippen LogP contribution >= 0.6 is 11.3 Å². The Bertz CT molecular complexity index is 758. The number of sulfonamides is 1. The van der Waals surface area contributed by atoms with Crippen LogP contribution in [0.2, 0.25) is 0 Å². The summed E-state index contributed by atoms with van der Waals surface area (Å²) >= 11 is 1.42. The van der Waals surface area contributed by atoms with Gasteiger partial charge in [0.05, 0.1) is 4.88 Å². The first-order chi connectivity index (χ1) is 10.0. The van der Waals surface area contributed by atoms with E-state index >= 15 is 0 Å². The van der Waals surface area contributed by atoms with Crippen molar-refractivity contribution in [3.8, 4) is 11.8 Å². The quantitative estimate of drug-likeness (QED) is 0.862. The first-order valence-corrected chi connectivity index (χ1v) is 8.39. The minimum Gasteiger partial charge on any atom is -0.384 e. The molecule has 2 heterocycles. The second-order valence-corrected chi connectivity index (χ2v) is 7.19. The highest BCUT2D eigenvalue weighted by Gasteiger charge is 2.21. The number of nitrogens with zero attached hydrogens (tertiary/aromatic N) is 2. The fourth-order valence-electron chi connectivity index (χ4n) is 1.67. The van der Waals surface area contributed by atoms with Crippen LogP contribution in [0, 0.1) is 11.8 Å². The Balaban J connectivity index is 2.14. The summed E-state index contributed by atoms with van der Waals surface area (Å²) in [4.78, 5) is 4.80. The number of aliphatic hydroxyl groups is 1. The van der Waals surface area contributed by atoms with E-state index < -0.39 is 10.0 Å². The minimum atomic E-state index is -3.55. The molecule has 0 aliphatic carbocycles. The van der Waals surface area contributed by atoms with Crippen LogP contribution in [-0.4, -0.2) is 36.5 Å². The van der Waals surface area contributed by atoms with E-state index in [1.807, 2.05) is 11.4 Å². The standard InChI is InChI=1S/C14H14N2O3S2/c1-16(21(18,19)14-5-2-6-15-9-14)10-12-8-13(20-11-12)4-3-7-17/h2,5-6,8-9,11,17H,7,10H2,1H3. The topological polar surface area (TPSA) is 70.5 Å². The molecule has 2 rings (SSSR count). The normalized spacial score (nSPS) is 11.2. The second-order valence-electron chi connectivity index (χ2n) is 4.23. The molecule has 21 heavy (non-hydrogen) atoms. The molecule has 0 saturated carbocycles. The van der Waals surface area contributed by atoms with Crippen LogP contribution in [0.25, 0.3) is 0 Å². The maximum Gasteiger partial charge on any atom is 0.244 e. The van der Waals surface area contributed by atoms with Crippen molar-refractivity contribution in [3.05, 3.63) is 46.4 Å². The third-order valence-electron chi connectivity index (χ3n) is 2.69. The fourth-order valence-corrected chi connectivity index (χ4v) is 3.57. The van der Waals surface area contributed by atoms with E-state index in [1.165, 1.54) is 41.1 Å². The molecule has 0 bridgehead atoms. The molecule has 0 atom stereocenters. The van der Waals surface area contributed by atoms with E-state index in [1.54, 1.807) is 6.07 Å². The van der Waals surface area contributed by atoms with Gasteiger partial charge in [0.2, 0.25) is 10.0 Å². The molecule has 0 unspecified atom stereocenters. The van der Waals surface area contributed by atoms with E-state index in [4.69, 9.17) is 5.11 Å². The molecule has 1 N–H and O–H groups in total. The van der Waals surface area contributed by atoms with Gasteiger partial charge in [-0.05, 0) is 29.1 Å². The molecule has 0 fully saturated rings. The monoisotopic (exact) mass is 322 g/mol. The van der Waals surface area contributed by atoms with Gasteiger partial charge >= 0.3 is 0 Å². The Morgan fingerprint density at radius 2 is 2.29 bits per heavy atom. The molecule has 0 saturated heterocycles. The fraction of sp³-hybridized carbons (Fsp3) is 0.214. The Hall–Kier alpha value is -1.72. The first kappa shape index (κ1) is 15.7. The van der Waals surface area contributed by atoms with E-state index in [-0.39, 0.29) is 18.0 Å². The maximum atomic E-state index is 12.3. The van der Waals surface area contributed by atoms with Crippen molar-refractivity contribution in [1.29, 1.82) is 0 Å². The summed E-state index contributed by atoms with van der Waals surface area (Å²) in [7, 11) is -2.02. The average Bonchev–Trinajstić information content (AvgIpc) is 2.93. The molecule has 0 amide bonds. The number of hydrogen-bond acceptors (Lipinski definition) is 5. The van der Waals surface area contributed by atoms with Crippen LogP contribution in [0.1, 0.15) is 10.4 Å². The van der Waals surface area contributed by atoms with Gasteiger partial charge in [0.15, 0.2) is 0 Å². The van der Waals surface area contributed by atoms with Crippen molar-refractivity contribution in [3.63, 3.8) is 0 Å². The van der Waals surface area contributed by atoms with Gasteiger partial charge in [-0.3, -0.25) is 4.98 Å². The predicted octanol–water partition coefficient (Wildman–Crippen LogP) is 1.31. The second kappa shape index (κ2) is 6.83. The van der Waals surface area contributed by atoms with Gasteiger partial charge in [-0.25, -0.2) is 8.42 Å². The van der Waals surface area contributed by atoms with E-state index in [0.29, 0.717) is 0 Å². The van der Waals surface area contributed by atoms with E-state index in [9.17, 15) is 8.42 Å². The highest BCUT2D eigenvalue weighted by atomic mass is 32.2. The van der Waals surface area contributed by atoms with Crippen LogP contribution in [-0.2, 0) is 16.6 Å². The van der Waals surface area contributed by atoms with Crippen molar-refractivity contribution in [2.24, 2.45) is 0 Å². The molecule has 0 spiro atoms. The summed E-state index contributed by atoms with van der Waals surface area (Å²) in [6.07, 6.45) is 2.86. The Labute approximate surface area is 127 Å². The SMILES string of the molecule is CN(Cc1csc(C#CCO)c1)S(=O)(=O)c1cccnc1. The van der Waals surface area contributed by atoms with Crippen LogP contribution in [0.15, 0.2) is 40.9 Å². The third-order valence-corrected chi connectivity index (χ3v) is 5.37. The molecule has 7 heteroatoms. The molecule has 110 valence electrons. The number of aromatic nitrogens is 1. The zero-order valence-electron chi connectivity index (χ0n) is 11.4. The van der Waals surface area contributed by atoms with Gasteiger partial charge in [-0.2, -0.15) is 4.31 Å². The number of thiophene rings is 1. The summed E-state index contributed by atoms with van der Waals surface area (Å²) < 4.78 is 26.0. The molecule has 2 aromatic heterocycles. The van der Waals surface area contributed by atoms with Crippen molar-refractivity contribution < 1.29 is 13.5 Å². The Kier molecular flexibility index (Phi) is 5.09. The van der Waals surface area contributed by atoms with Gasteiger partial charge in [0.1, 0.15) is 11.5 Å². The predicted molar refractivity (Wildman–Crippen MR) is 81.2 cm³/mol. The van der Waals surface area contributed by atoms with Crippen molar-refractivity contribution >= 4 is 21.4 Å². The number of pyridine rings is 1. The molecule has 0 aliphatic heterocycles. The lowest BCUT2D eigenvalue weighted by Gasteiger charge is -2.16. The van der Waals surface area contributed by atoms with E-state index in [0.717, 1.165) is 10.4 Å². The van der Waals surface area contributed by atoms with E-state index in [2.05, 4.69) is 16.8 Å². The molecule has 0 radical (unpaired) electrons. The molecular weight excluding hydrogens is 308 g/mol. The highest BCUT2D eigenvalue weighted by Crippen LogP contribution is 2.19. The highest BCUT2D eigenvalue weighted by molar-refractivity contribution is 7.89. The summed E-state index contributed by atoms with van der Waals surface area (Å²) in [6, 6.07) is 4.93. The number of rotatable bonds is 4. The maximum absolute atomic E-state index is 12.3. The Morgan fingerprint density at radius 3 is 2.95 bits per heavy atom. The smallest absolute Gasteiger partial charge is 0.244 e. The van der Waals surface area contributed by atoms with Gasteiger partial charge < -0.3 is 5.11 Å². The van der Waals surface area contributed by atoms with Crippen LogP contribution in [0.4, 0.5) is 0 Å². The number of hydrogen-bond donors (Lipinski definition) is 1. The third kappa shape index (κ3) is 3.89. The molecule has 2 aromatic rings. The van der Waals surface area contributed by atoms with Gasteiger partial charge in [0, 0.05) is 26.0 Å². The van der Waals surface area contributed by atoms with Gasteiger partial charge in [-0.15, -0.1) is 11.3 Å². The van der Waals surface area contributed by atoms with Gasteiger partial charge in [-0.1, -0.05) is 11.8 Å². The summed E-state index contributed by atoms with van der Waals surface area (Å²) in [5, 5.41) is 10.5. The molecule has 0 aromatic carbocycles.